The molecule has 0 N–H and O–H groups in total. The Bertz CT molecular complexity index is 657. The van der Waals surface area contributed by atoms with Crippen molar-refractivity contribution in [2.45, 2.75) is 25.9 Å². The number of rotatable bonds is 2. The summed E-state index contributed by atoms with van der Waals surface area (Å²) in [5.74, 6) is -0.0909. The van der Waals surface area contributed by atoms with Crippen LogP contribution in [0.1, 0.15) is 34.6 Å². The third-order valence-electron chi connectivity index (χ3n) is 4.32. The zero-order chi connectivity index (χ0) is 17.1. The highest BCUT2D eigenvalue weighted by atomic mass is 16.2. The Morgan fingerprint density at radius 1 is 0.875 bits per heavy atom. The molecular weight excluding hydrogens is 304 g/mol. The molecule has 0 radical (unpaired) electrons. The summed E-state index contributed by atoms with van der Waals surface area (Å²) in [6, 6.07) is 6.91. The molecule has 6 heteroatoms. The average molecular weight is 324 g/mol. The van der Waals surface area contributed by atoms with Gasteiger partial charge in [0.05, 0.1) is 11.1 Å². The predicted octanol–water partition coefficient (Wildman–Crippen LogP) is 1.85. The van der Waals surface area contributed by atoms with Crippen molar-refractivity contribution in [2.75, 3.05) is 13.1 Å². The van der Waals surface area contributed by atoms with E-state index in [4.69, 9.17) is 0 Å². The maximum atomic E-state index is 12.7. The number of hydrogen-bond donors (Lipinski definition) is 0. The van der Waals surface area contributed by atoms with Crippen LogP contribution in [-0.2, 0) is 0 Å². The minimum absolute atomic E-state index is 0.0454. The monoisotopic (exact) mass is 324 g/mol. The molecule has 24 heavy (non-hydrogen) atoms. The van der Waals surface area contributed by atoms with Gasteiger partial charge in [-0.3, -0.25) is 19.6 Å². The Balaban J connectivity index is 1.75. The zero-order valence-electron chi connectivity index (χ0n) is 13.8. The number of carbonyl (C=O) groups excluding carboxylic acids is 2. The Hall–Kier alpha value is -2.76. The molecule has 124 valence electrons. The van der Waals surface area contributed by atoms with Gasteiger partial charge in [-0.05, 0) is 38.1 Å². The molecule has 6 nitrogen and oxygen atoms in total. The second-order valence-corrected chi connectivity index (χ2v) is 6.10. The first-order valence-electron chi connectivity index (χ1n) is 8.00. The summed E-state index contributed by atoms with van der Waals surface area (Å²) in [5.41, 5.74) is 1.15. The maximum Gasteiger partial charge on any atom is 0.255 e. The fourth-order valence-electron chi connectivity index (χ4n) is 3.00. The van der Waals surface area contributed by atoms with Crippen molar-refractivity contribution in [3.8, 4) is 0 Å². The van der Waals surface area contributed by atoms with Crippen LogP contribution in [0.15, 0.2) is 49.1 Å². The molecule has 0 unspecified atom stereocenters. The molecule has 2 amide bonds. The largest absolute Gasteiger partial charge is 0.332 e. The van der Waals surface area contributed by atoms with E-state index in [-0.39, 0.29) is 23.9 Å². The lowest BCUT2D eigenvalue weighted by atomic mass is 10.1. The summed E-state index contributed by atoms with van der Waals surface area (Å²) in [5, 5.41) is 0. The van der Waals surface area contributed by atoms with Gasteiger partial charge in [0.25, 0.3) is 11.8 Å². The fraction of sp³-hybridized carbons (Fsp3) is 0.333. The normalized spacial score (nSPS) is 20.8. The molecule has 0 aliphatic carbocycles. The average Bonchev–Trinajstić information content (AvgIpc) is 2.63. The number of amides is 2. The topological polar surface area (TPSA) is 66.4 Å². The summed E-state index contributed by atoms with van der Waals surface area (Å²) >= 11 is 0. The van der Waals surface area contributed by atoms with E-state index in [1.54, 1.807) is 49.1 Å². The van der Waals surface area contributed by atoms with E-state index in [9.17, 15) is 9.59 Å². The van der Waals surface area contributed by atoms with E-state index in [1.807, 2.05) is 23.6 Å². The summed E-state index contributed by atoms with van der Waals surface area (Å²) < 4.78 is 0. The molecule has 0 spiro atoms. The first-order chi connectivity index (χ1) is 11.6. The molecule has 1 aliphatic heterocycles. The summed E-state index contributed by atoms with van der Waals surface area (Å²) in [4.78, 5) is 37.0. The van der Waals surface area contributed by atoms with Gasteiger partial charge in [-0.15, -0.1) is 0 Å². The van der Waals surface area contributed by atoms with E-state index in [0.29, 0.717) is 24.2 Å². The number of carbonyl (C=O) groups is 2. The lowest BCUT2D eigenvalue weighted by Gasteiger charge is -2.44. The van der Waals surface area contributed by atoms with Crippen molar-refractivity contribution in [1.82, 2.24) is 19.8 Å². The van der Waals surface area contributed by atoms with Crippen LogP contribution >= 0.6 is 0 Å². The highest BCUT2D eigenvalue weighted by Crippen LogP contribution is 2.20. The van der Waals surface area contributed by atoms with Crippen LogP contribution in [0.4, 0.5) is 0 Å². The molecule has 2 aromatic heterocycles. The second kappa shape index (κ2) is 6.78. The standard InChI is InChI=1S/C18H20N4O2/c1-13-11-22(18(24)16-6-4-8-20-10-16)14(2)12-21(13)17(23)15-5-3-7-19-9-15/h3-10,13-14H,11-12H2,1-2H3/t13-,14-/m0/s1. The van der Waals surface area contributed by atoms with Crippen molar-refractivity contribution in [2.24, 2.45) is 0 Å². The highest BCUT2D eigenvalue weighted by molar-refractivity contribution is 5.96. The SMILES string of the molecule is C[C@H]1CN(C(=O)c2cccnc2)[C@@H](C)CN1C(=O)c1cccnc1. The Kier molecular flexibility index (Phi) is 4.55. The molecule has 1 aliphatic rings. The van der Waals surface area contributed by atoms with Gasteiger partial charge < -0.3 is 9.80 Å². The van der Waals surface area contributed by atoms with Crippen molar-refractivity contribution in [3.63, 3.8) is 0 Å². The first kappa shape index (κ1) is 16.1. The summed E-state index contributed by atoms with van der Waals surface area (Å²) in [6.07, 6.45) is 6.44. The van der Waals surface area contributed by atoms with Gasteiger partial charge in [-0.2, -0.15) is 0 Å². The summed E-state index contributed by atoms with van der Waals surface area (Å²) in [7, 11) is 0. The maximum absolute atomic E-state index is 12.7. The molecule has 3 heterocycles. The molecule has 0 bridgehead atoms. The van der Waals surface area contributed by atoms with E-state index >= 15 is 0 Å². The lowest BCUT2D eigenvalue weighted by Crippen LogP contribution is -2.59. The predicted molar refractivity (Wildman–Crippen MR) is 89.5 cm³/mol. The molecule has 0 saturated carbocycles. The van der Waals surface area contributed by atoms with E-state index in [2.05, 4.69) is 9.97 Å². The van der Waals surface area contributed by atoms with Crippen molar-refractivity contribution < 1.29 is 9.59 Å². The van der Waals surface area contributed by atoms with Gasteiger partial charge in [0, 0.05) is 50.0 Å². The minimum atomic E-state index is -0.0606. The third-order valence-corrected chi connectivity index (χ3v) is 4.32. The van der Waals surface area contributed by atoms with Gasteiger partial charge in [0.1, 0.15) is 0 Å². The van der Waals surface area contributed by atoms with Gasteiger partial charge in [-0.1, -0.05) is 0 Å². The van der Waals surface area contributed by atoms with E-state index in [0.717, 1.165) is 0 Å². The van der Waals surface area contributed by atoms with Crippen molar-refractivity contribution in [1.29, 1.82) is 0 Å². The molecule has 1 saturated heterocycles. The van der Waals surface area contributed by atoms with Gasteiger partial charge in [0.2, 0.25) is 0 Å². The van der Waals surface area contributed by atoms with E-state index in [1.165, 1.54) is 0 Å². The first-order valence-corrected chi connectivity index (χ1v) is 8.00. The number of hydrogen-bond acceptors (Lipinski definition) is 4. The quantitative estimate of drug-likeness (QED) is 0.845. The Morgan fingerprint density at radius 3 is 1.62 bits per heavy atom. The van der Waals surface area contributed by atoms with Crippen LogP contribution < -0.4 is 0 Å². The molecule has 2 aromatic rings. The zero-order valence-corrected chi connectivity index (χ0v) is 13.8. The third kappa shape index (κ3) is 3.13. The second-order valence-electron chi connectivity index (χ2n) is 6.10. The van der Waals surface area contributed by atoms with E-state index < -0.39 is 0 Å². The van der Waals surface area contributed by atoms with Crippen LogP contribution in [0.5, 0.6) is 0 Å². The number of aromatic nitrogens is 2. The minimum Gasteiger partial charge on any atom is -0.332 e. The molecule has 1 fully saturated rings. The van der Waals surface area contributed by atoms with Gasteiger partial charge in [-0.25, -0.2) is 0 Å². The summed E-state index contributed by atoms with van der Waals surface area (Å²) in [6.45, 7) is 4.93. The smallest absolute Gasteiger partial charge is 0.255 e. The fourth-order valence-corrected chi connectivity index (χ4v) is 3.00. The lowest BCUT2D eigenvalue weighted by molar-refractivity contribution is 0.0269. The number of piperazine rings is 1. The molecule has 2 atom stereocenters. The van der Waals surface area contributed by atoms with Crippen LogP contribution in [0, 0.1) is 0 Å². The highest BCUT2D eigenvalue weighted by Gasteiger charge is 2.35. The van der Waals surface area contributed by atoms with Crippen molar-refractivity contribution >= 4 is 11.8 Å². The van der Waals surface area contributed by atoms with Gasteiger partial charge in [0.15, 0.2) is 0 Å². The Labute approximate surface area is 141 Å². The van der Waals surface area contributed by atoms with Gasteiger partial charge >= 0.3 is 0 Å². The number of pyridine rings is 2. The molecule has 0 aromatic carbocycles. The van der Waals surface area contributed by atoms with Crippen molar-refractivity contribution in [3.05, 3.63) is 60.2 Å². The van der Waals surface area contributed by atoms with Crippen LogP contribution in [-0.4, -0.2) is 56.8 Å². The molecule has 3 rings (SSSR count). The van der Waals surface area contributed by atoms with Crippen LogP contribution in [0.25, 0.3) is 0 Å². The van der Waals surface area contributed by atoms with Crippen LogP contribution in [0.3, 0.4) is 0 Å². The number of nitrogens with zero attached hydrogens (tertiary/aromatic N) is 4. The Morgan fingerprint density at radius 2 is 1.29 bits per heavy atom. The van der Waals surface area contributed by atoms with Crippen LogP contribution in [0.2, 0.25) is 0 Å². The molecular formula is C18H20N4O2.